The van der Waals surface area contributed by atoms with Crippen LogP contribution < -0.4 is 5.32 Å². The first-order chi connectivity index (χ1) is 8.09. The van der Waals surface area contributed by atoms with Gasteiger partial charge in [-0.15, -0.1) is 0 Å². The molecule has 0 atom stereocenters. The topological polar surface area (TPSA) is 52.6 Å². The van der Waals surface area contributed by atoms with Crippen molar-refractivity contribution in [1.82, 2.24) is 10.2 Å². The summed E-state index contributed by atoms with van der Waals surface area (Å²) in [6.45, 7) is 6.78. The van der Waals surface area contributed by atoms with Gasteiger partial charge in [0.05, 0.1) is 5.56 Å². The number of nitrogens with zero attached hydrogens (tertiary/aromatic N) is 1. The van der Waals surface area contributed by atoms with E-state index in [4.69, 9.17) is 0 Å². The fourth-order valence-electron chi connectivity index (χ4n) is 2.16. The third-order valence-electron chi connectivity index (χ3n) is 3.08. The van der Waals surface area contributed by atoms with Crippen molar-refractivity contribution in [3.63, 3.8) is 0 Å². The summed E-state index contributed by atoms with van der Waals surface area (Å²) in [4.78, 5) is 14.0. The van der Waals surface area contributed by atoms with Gasteiger partial charge in [0.1, 0.15) is 5.75 Å². The quantitative estimate of drug-likeness (QED) is 0.764. The fourth-order valence-corrected chi connectivity index (χ4v) is 2.16. The van der Waals surface area contributed by atoms with Crippen LogP contribution in [0.2, 0.25) is 0 Å². The summed E-state index contributed by atoms with van der Waals surface area (Å²) in [5.74, 6) is 0.0370. The second-order valence-corrected chi connectivity index (χ2v) is 4.52. The molecule has 1 aromatic carbocycles. The minimum absolute atomic E-state index is 0.0733. The van der Waals surface area contributed by atoms with E-state index in [1.807, 2.05) is 19.9 Å². The molecular weight excluding hydrogens is 216 g/mol. The van der Waals surface area contributed by atoms with Crippen LogP contribution in [0.15, 0.2) is 12.1 Å². The second kappa shape index (κ2) is 4.75. The summed E-state index contributed by atoms with van der Waals surface area (Å²) < 4.78 is 0. The SMILES string of the molecule is Cc1cc(C)c(O)c(C(=O)N2CCNCC2)c1. The Morgan fingerprint density at radius 3 is 2.59 bits per heavy atom. The average molecular weight is 234 g/mol. The Kier molecular flexibility index (Phi) is 3.33. The monoisotopic (exact) mass is 234 g/mol. The van der Waals surface area contributed by atoms with Gasteiger partial charge in [0.15, 0.2) is 0 Å². The molecule has 0 aromatic heterocycles. The summed E-state index contributed by atoms with van der Waals surface area (Å²) in [5.41, 5.74) is 2.17. The number of carbonyl (C=O) groups is 1. The summed E-state index contributed by atoms with van der Waals surface area (Å²) >= 11 is 0. The Hall–Kier alpha value is -1.55. The Balaban J connectivity index is 2.29. The zero-order valence-corrected chi connectivity index (χ0v) is 10.3. The zero-order valence-electron chi connectivity index (χ0n) is 10.3. The molecule has 1 aliphatic rings. The van der Waals surface area contributed by atoms with Gasteiger partial charge < -0.3 is 15.3 Å². The lowest BCUT2D eigenvalue weighted by molar-refractivity contribution is 0.0732. The maximum Gasteiger partial charge on any atom is 0.257 e. The van der Waals surface area contributed by atoms with Crippen molar-refractivity contribution in [2.75, 3.05) is 26.2 Å². The van der Waals surface area contributed by atoms with Gasteiger partial charge in [-0.05, 0) is 31.0 Å². The van der Waals surface area contributed by atoms with E-state index in [2.05, 4.69) is 5.32 Å². The van der Waals surface area contributed by atoms with Crippen LogP contribution in [0.25, 0.3) is 0 Å². The third kappa shape index (κ3) is 2.42. The normalized spacial score (nSPS) is 16.0. The van der Waals surface area contributed by atoms with E-state index in [0.717, 1.165) is 24.2 Å². The molecule has 0 bridgehead atoms. The van der Waals surface area contributed by atoms with Crippen LogP contribution in [0.1, 0.15) is 21.5 Å². The highest BCUT2D eigenvalue weighted by atomic mass is 16.3. The zero-order chi connectivity index (χ0) is 12.4. The van der Waals surface area contributed by atoms with Crippen LogP contribution in [0.4, 0.5) is 0 Å². The molecule has 4 nitrogen and oxygen atoms in total. The number of amides is 1. The van der Waals surface area contributed by atoms with Gasteiger partial charge in [0.25, 0.3) is 5.91 Å². The lowest BCUT2D eigenvalue weighted by Crippen LogP contribution is -2.46. The van der Waals surface area contributed by atoms with Crippen molar-refractivity contribution in [2.45, 2.75) is 13.8 Å². The summed E-state index contributed by atoms with van der Waals surface area (Å²) in [7, 11) is 0. The molecule has 1 aliphatic heterocycles. The number of hydrogen-bond acceptors (Lipinski definition) is 3. The van der Waals surface area contributed by atoms with Crippen LogP contribution in [-0.4, -0.2) is 42.1 Å². The summed E-state index contributed by atoms with van der Waals surface area (Å²) in [6, 6.07) is 3.64. The van der Waals surface area contributed by atoms with Crippen molar-refractivity contribution < 1.29 is 9.90 Å². The minimum atomic E-state index is -0.0733. The number of phenols is 1. The molecule has 1 fully saturated rings. The molecule has 0 aliphatic carbocycles. The van der Waals surface area contributed by atoms with Gasteiger partial charge >= 0.3 is 0 Å². The molecule has 2 rings (SSSR count). The highest BCUT2D eigenvalue weighted by Gasteiger charge is 2.21. The van der Waals surface area contributed by atoms with Crippen molar-refractivity contribution in [3.8, 4) is 5.75 Å². The van der Waals surface area contributed by atoms with Crippen molar-refractivity contribution in [3.05, 3.63) is 28.8 Å². The van der Waals surface area contributed by atoms with E-state index in [-0.39, 0.29) is 11.7 Å². The highest BCUT2D eigenvalue weighted by Crippen LogP contribution is 2.25. The average Bonchev–Trinajstić information content (AvgIpc) is 2.34. The van der Waals surface area contributed by atoms with Crippen LogP contribution in [0.3, 0.4) is 0 Å². The van der Waals surface area contributed by atoms with Gasteiger partial charge in [-0.3, -0.25) is 4.79 Å². The molecule has 1 amide bonds. The predicted molar refractivity (Wildman–Crippen MR) is 66.4 cm³/mol. The molecule has 0 unspecified atom stereocenters. The standard InChI is InChI=1S/C13H18N2O2/c1-9-7-10(2)12(16)11(8-9)13(17)15-5-3-14-4-6-15/h7-8,14,16H,3-6H2,1-2H3. The van der Waals surface area contributed by atoms with E-state index in [9.17, 15) is 9.90 Å². The minimum Gasteiger partial charge on any atom is -0.507 e. The number of benzene rings is 1. The number of nitrogens with one attached hydrogen (secondary N) is 1. The van der Waals surface area contributed by atoms with E-state index < -0.39 is 0 Å². The number of rotatable bonds is 1. The lowest BCUT2D eigenvalue weighted by Gasteiger charge is -2.28. The van der Waals surface area contributed by atoms with Crippen LogP contribution in [0.5, 0.6) is 5.75 Å². The van der Waals surface area contributed by atoms with E-state index in [1.165, 1.54) is 0 Å². The third-order valence-corrected chi connectivity index (χ3v) is 3.08. The number of carbonyl (C=O) groups excluding carboxylic acids is 1. The van der Waals surface area contributed by atoms with Crippen molar-refractivity contribution in [1.29, 1.82) is 0 Å². The predicted octanol–water partition coefficient (Wildman–Crippen LogP) is 1.05. The Morgan fingerprint density at radius 2 is 1.94 bits per heavy atom. The molecular formula is C13H18N2O2. The maximum atomic E-state index is 12.3. The van der Waals surface area contributed by atoms with Crippen LogP contribution in [-0.2, 0) is 0 Å². The number of phenolic OH excluding ortho intramolecular Hbond substituents is 1. The molecule has 1 heterocycles. The molecule has 4 heteroatoms. The smallest absolute Gasteiger partial charge is 0.257 e. The number of piperazine rings is 1. The van der Waals surface area contributed by atoms with Gasteiger partial charge in [-0.1, -0.05) is 6.07 Å². The Morgan fingerprint density at radius 1 is 1.29 bits per heavy atom. The molecule has 0 radical (unpaired) electrons. The number of hydrogen-bond donors (Lipinski definition) is 2. The van der Waals surface area contributed by atoms with Gasteiger partial charge in [0.2, 0.25) is 0 Å². The lowest BCUT2D eigenvalue weighted by atomic mass is 10.0. The van der Waals surface area contributed by atoms with Crippen LogP contribution >= 0.6 is 0 Å². The Labute approximate surface area is 101 Å². The fraction of sp³-hybridized carbons (Fsp3) is 0.462. The molecule has 0 spiro atoms. The number of aromatic hydroxyl groups is 1. The Bertz CT molecular complexity index is 437. The van der Waals surface area contributed by atoms with E-state index in [0.29, 0.717) is 18.7 Å². The number of aryl methyl sites for hydroxylation is 2. The molecule has 1 saturated heterocycles. The molecule has 1 aromatic rings. The van der Waals surface area contributed by atoms with E-state index >= 15 is 0 Å². The van der Waals surface area contributed by atoms with Crippen molar-refractivity contribution in [2.24, 2.45) is 0 Å². The summed E-state index contributed by atoms with van der Waals surface area (Å²) in [6.07, 6.45) is 0. The maximum absolute atomic E-state index is 12.3. The summed E-state index contributed by atoms with van der Waals surface area (Å²) in [5, 5.41) is 13.2. The van der Waals surface area contributed by atoms with Crippen molar-refractivity contribution >= 4 is 5.91 Å². The first-order valence-electron chi connectivity index (χ1n) is 5.90. The first-order valence-corrected chi connectivity index (χ1v) is 5.90. The first kappa shape index (κ1) is 11.9. The van der Waals surface area contributed by atoms with E-state index in [1.54, 1.807) is 11.0 Å². The molecule has 92 valence electrons. The van der Waals surface area contributed by atoms with Gasteiger partial charge in [0, 0.05) is 26.2 Å². The largest absolute Gasteiger partial charge is 0.507 e. The second-order valence-electron chi connectivity index (χ2n) is 4.52. The molecule has 17 heavy (non-hydrogen) atoms. The van der Waals surface area contributed by atoms with Crippen LogP contribution in [0, 0.1) is 13.8 Å². The molecule has 2 N–H and O–H groups in total. The van der Waals surface area contributed by atoms with Gasteiger partial charge in [-0.2, -0.15) is 0 Å². The highest BCUT2D eigenvalue weighted by molar-refractivity contribution is 5.97. The van der Waals surface area contributed by atoms with Gasteiger partial charge in [-0.25, -0.2) is 0 Å². The molecule has 0 saturated carbocycles.